The van der Waals surface area contributed by atoms with Crippen LogP contribution in [-0.4, -0.2) is 33.5 Å². The minimum atomic E-state index is -3.99. The fourth-order valence-electron chi connectivity index (χ4n) is 3.01. The highest BCUT2D eigenvalue weighted by atomic mass is 19.3. The molecule has 8 nitrogen and oxygen atoms in total. The second-order valence-electron chi connectivity index (χ2n) is 7.95. The molecule has 0 aliphatic carbocycles. The standard InChI is InChI=1S/C20H20F3N5O3/c1-19(2,3)27-18(30)20(22,23)17-26-15(14-10-31-8-7-28(14)17)16(29)25-11-5-6-12(21)13(9-11)24-4/h5-6,9H,7-8,10H2,1-3H3,(H,25,29)(H,27,30). The largest absolute Gasteiger partial charge is 0.381 e. The van der Waals surface area contributed by atoms with Gasteiger partial charge in [-0.2, -0.15) is 8.78 Å². The van der Waals surface area contributed by atoms with Crippen LogP contribution in [0, 0.1) is 12.4 Å². The molecule has 0 radical (unpaired) electrons. The van der Waals surface area contributed by atoms with Gasteiger partial charge in [-0.15, -0.1) is 0 Å². The van der Waals surface area contributed by atoms with E-state index in [0.717, 1.165) is 16.7 Å². The second kappa shape index (κ2) is 8.03. The third-order valence-corrected chi connectivity index (χ3v) is 4.36. The molecule has 3 rings (SSSR count). The number of fused-ring (bicyclic) bond motifs is 1. The van der Waals surface area contributed by atoms with Gasteiger partial charge in [-0.3, -0.25) is 9.59 Å². The molecule has 1 aliphatic heterocycles. The van der Waals surface area contributed by atoms with E-state index in [1.165, 1.54) is 6.07 Å². The van der Waals surface area contributed by atoms with Crippen molar-refractivity contribution < 1.29 is 27.5 Å². The Labute approximate surface area is 176 Å². The number of benzene rings is 1. The number of ether oxygens (including phenoxy) is 1. The molecule has 0 atom stereocenters. The number of rotatable bonds is 4. The first-order chi connectivity index (χ1) is 14.4. The van der Waals surface area contributed by atoms with Crippen molar-refractivity contribution in [2.24, 2.45) is 0 Å². The Hall–Kier alpha value is -3.39. The van der Waals surface area contributed by atoms with E-state index in [2.05, 4.69) is 20.5 Å². The van der Waals surface area contributed by atoms with Crippen molar-refractivity contribution in [1.29, 1.82) is 0 Å². The maximum atomic E-state index is 15.0. The summed E-state index contributed by atoms with van der Waals surface area (Å²) in [5.74, 6) is -8.00. The van der Waals surface area contributed by atoms with E-state index in [0.29, 0.717) is 0 Å². The molecule has 1 aromatic heterocycles. The Bertz CT molecular complexity index is 1080. The average Bonchev–Trinajstić information content (AvgIpc) is 3.08. The molecule has 0 spiro atoms. The average molecular weight is 435 g/mol. The molecule has 2 heterocycles. The first-order valence-electron chi connectivity index (χ1n) is 9.30. The van der Waals surface area contributed by atoms with Gasteiger partial charge in [0, 0.05) is 17.8 Å². The predicted molar refractivity (Wildman–Crippen MR) is 104 cm³/mol. The van der Waals surface area contributed by atoms with Crippen molar-refractivity contribution in [1.82, 2.24) is 14.9 Å². The van der Waals surface area contributed by atoms with Crippen molar-refractivity contribution >= 4 is 23.2 Å². The Morgan fingerprint density at radius 3 is 2.65 bits per heavy atom. The molecule has 2 amide bonds. The third-order valence-electron chi connectivity index (χ3n) is 4.36. The lowest BCUT2D eigenvalue weighted by molar-refractivity contribution is -0.150. The zero-order chi connectivity index (χ0) is 23.0. The summed E-state index contributed by atoms with van der Waals surface area (Å²) in [6.45, 7) is 11.6. The predicted octanol–water partition coefficient (Wildman–Crippen LogP) is 3.36. The molecule has 11 heteroatoms. The van der Waals surface area contributed by atoms with Crippen molar-refractivity contribution in [2.75, 3.05) is 11.9 Å². The quantitative estimate of drug-likeness (QED) is 0.721. The lowest BCUT2D eigenvalue weighted by Gasteiger charge is -2.25. The van der Waals surface area contributed by atoms with E-state index in [-0.39, 0.29) is 42.5 Å². The molecule has 1 aliphatic rings. The van der Waals surface area contributed by atoms with Crippen LogP contribution in [0.5, 0.6) is 0 Å². The maximum Gasteiger partial charge on any atom is 0.381 e. The number of carbonyl (C=O) groups excluding carboxylic acids is 2. The minimum Gasteiger partial charge on any atom is -0.373 e. The van der Waals surface area contributed by atoms with E-state index in [1.807, 2.05) is 0 Å². The molecule has 164 valence electrons. The Balaban J connectivity index is 1.97. The molecular formula is C20H20F3N5O3. The van der Waals surface area contributed by atoms with Crippen LogP contribution in [0.25, 0.3) is 4.85 Å². The molecule has 0 saturated heterocycles. The number of halogens is 3. The summed E-state index contributed by atoms with van der Waals surface area (Å²) in [4.78, 5) is 31.8. The number of nitrogens with one attached hydrogen (secondary N) is 2. The molecular weight excluding hydrogens is 415 g/mol. The van der Waals surface area contributed by atoms with Crippen LogP contribution < -0.4 is 10.6 Å². The van der Waals surface area contributed by atoms with Crippen molar-refractivity contribution in [3.8, 4) is 0 Å². The van der Waals surface area contributed by atoms with Crippen molar-refractivity contribution in [3.05, 3.63) is 52.6 Å². The fraction of sp³-hybridized carbons (Fsp3) is 0.400. The van der Waals surface area contributed by atoms with E-state index in [9.17, 15) is 22.8 Å². The summed E-state index contributed by atoms with van der Waals surface area (Å²) in [6, 6.07) is 3.35. The van der Waals surface area contributed by atoms with Gasteiger partial charge in [0.15, 0.2) is 11.5 Å². The number of alkyl halides is 2. The van der Waals surface area contributed by atoms with Gasteiger partial charge in [-0.05, 0) is 39.0 Å². The summed E-state index contributed by atoms with van der Waals surface area (Å²) in [7, 11) is 0. The first kappa shape index (κ1) is 22.3. The van der Waals surface area contributed by atoms with E-state index < -0.39 is 34.9 Å². The molecule has 0 fully saturated rings. The van der Waals surface area contributed by atoms with Gasteiger partial charge < -0.3 is 19.9 Å². The van der Waals surface area contributed by atoms with Gasteiger partial charge in [0.1, 0.15) is 5.82 Å². The number of hydrogen-bond donors (Lipinski definition) is 2. The second-order valence-corrected chi connectivity index (χ2v) is 7.95. The SMILES string of the molecule is [C-]#[N+]c1cc(NC(=O)c2nc(C(F)(F)C(=O)NC(C)(C)C)n3c2COCC3)ccc1F. The summed E-state index contributed by atoms with van der Waals surface area (Å²) in [6.07, 6.45) is 0. The number of carbonyl (C=O) groups is 2. The van der Waals surface area contributed by atoms with Crippen LogP contribution in [0.15, 0.2) is 18.2 Å². The molecule has 2 N–H and O–H groups in total. The summed E-state index contributed by atoms with van der Waals surface area (Å²) >= 11 is 0. The number of hydrogen-bond acceptors (Lipinski definition) is 4. The van der Waals surface area contributed by atoms with Gasteiger partial charge in [0.05, 0.1) is 25.5 Å². The van der Waals surface area contributed by atoms with Crippen LogP contribution >= 0.6 is 0 Å². The van der Waals surface area contributed by atoms with Crippen molar-refractivity contribution in [2.45, 2.75) is 45.4 Å². The zero-order valence-electron chi connectivity index (χ0n) is 17.1. The number of nitrogens with zero attached hydrogens (tertiary/aromatic N) is 3. The van der Waals surface area contributed by atoms with E-state index in [4.69, 9.17) is 11.3 Å². The Morgan fingerprint density at radius 2 is 2.00 bits per heavy atom. The topological polar surface area (TPSA) is 89.6 Å². The minimum absolute atomic E-state index is 0.0121. The van der Waals surface area contributed by atoms with Crippen molar-refractivity contribution in [3.63, 3.8) is 0 Å². The first-order valence-corrected chi connectivity index (χ1v) is 9.30. The number of aromatic nitrogens is 2. The van der Waals surface area contributed by atoms with Gasteiger partial charge in [0.2, 0.25) is 5.69 Å². The van der Waals surface area contributed by atoms with Crippen LogP contribution in [0.3, 0.4) is 0 Å². The Morgan fingerprint density at radius 1 is 1.29 bits per heavy atom. The smallest absolute Gasteiger partial charge is 0.373 e. The highest BCUT2D eigenvalue weighted by molar-refractivity contribution is 6.04. The summed E-state index contributed by atoms with van der Waals surface area (Å²) < 4.78 is 49.8. The monoisotopic (exact) mass is 435 g/mol. The number of imidazole rings is 1. The highest BCUT2D eigenvalue weighted by Crippen LogP contribution is 2.32. The Kier molecular flexibility index (Phi) is 5.78. The van der Waals surface area contributed by atoms with E-state index >= 15 is 0 Å². The van der Waals surface area contributed by atoms with Gasteiger partial charge in [-0.1, -0.05) is 0 Å². The van der Waals surface area contributed by atoms with Crippen LogP contribution in [0.4, 0.5) is 24.5 Å². The lowest BCUT2D eigenvalue weighted by Crippen LogP contribution is -2.48. The van der Waals surface area contributed by atoms with Crippen LogP contribution in [-0.2, 0) is 28.6 Å². The van der Waals surface area contributed by atoms with Crippen LogP contribution in [0.2, 0.25) is 0 Å². The molecule has 31 heavy (non-hydrogen) atoms. The van der Waals surface area contributed by atoms with Gasteiger partial charge in [-0.25, -0.2) is 14.2 Å². The third kappa shape index (κ3) is 4.54. The van der Waals surface area contributed by atoms with Gasteiger partial charge in [0.25, 0.3) is 11.8 Å². The molecule has 1 aromatic carbocycles. The lowest BCUT2D eigenvalue weighted by atomic mass is 10.1. The van der Waals surface area contributed by atoms with Crippen LogP contribution in [0.1, 0.15) is 42.8 Å². The summed E-state index contributed by atoms with van der Waals surface area (Å²) in [5.41, 5.74) is -1.36. The molecule has 0 saturated carbocycles. The molecule has 2 aromatic rings. The van der Waals surface area contributed by atoms with E-state index in [1.54, 1.807) is 20.8 Å². The summed E-state index contributed by atoms with van der Waals surface area (Å²) in [5, 5.41) is 4.64. The normalized spacial score (nSPS) is 13.8. The van der Waals surface area contributed by atoms with Gasteiger partial charge >= 0.3 is 5.92 Å². The fourth-order valence-corrected chi connectivity index (χ4v) is 3.01. The molecule has 0 unspecified atom stereocenters. The number of amides is 2. The zero-order valence-corrected chi connectivity index (χ0v) is 17.1. The maximum absolute atomic E-state index is 15.0. The number of anilines is 1. The molecule has 0 bridgehead atoms. The highest BCUT2D eigenvalue weighted by Gasteiger charge is 2.48.